The molecular weight excluding hydrogens is 635 g/mol. The number of aromatic nitrogens is 4. The van der Waals surface area contributed by atoms with E-state index in [1.165, 1.54) is 36.0 Å². The first-order valence-electron chi connectivity index (χ1n) is 12.5. The molecule has 0 aliphatic carbocycles. The molecule has 43 heavy (non-hydrogen) atoms. The van der Waals surface area contributed by atoms with Crippen LogP contribution in [0.5, 0.6) is 0 Å². The molecule has 3 aromatic heterocycles. The van der Waals surface area contributed by atoms with Gasteiger partial charge >= 0.3 is 5.91 Å². The average Bonchev–Trinajstić information content (AvgIpc) is 3.66. The van der Waals surface area contributed by atoms with Crippen molar-refractivity contribution in [1.82, 2.24) is 19.6 Å². The SMILES string of the molecule is Cc1nc2ccccn2c1/C(O)=C1\C(=O)C(=O)N(c2nnc(SCc3ccc(Cl)cc3Cl)s2)C1c1ccc([N+](=O)[O-])cc1. The fourth-order valence-corrected chi connectivity index (χ4v) is 7.21. The number of carbonyl (C=O) groups excluding carboxylic acids is 2. The molecule has 216 valence electrons. The standard InChI is InChI=1S/C28H18Cl2N6O5S2/c1-14-22(34-11-3-2-4-20(34)31-14)24(37)21-23(15-6-9-18(10-7-15)36(40)41)35(26(39)25(21)38)27-32-33-28(43-27)42-13-16-5-8-17(29)12-19(16)30/h2-12,23,37H,13H2,1H3/b24-21+. The maximum absolute atomic E-state index is 13.6. The van der Waals surface area contributed by atoms with Gasteiger partial charge in [-0.15, -0.1) is 10.2 Å². The Hall–Kier alpha value is -4.30. The topological polar surface area (TPSA) is 144 Å². The van der Waals surface area contributed by atoms with Gasteiger partial charge in [0.2, 0.25) is 5.13 Å². The minimum absolute atomic E-state index is 0.115. The van der Waals surface area contributed by atoms with Gasteiger partial charge in [0.1, 0.15) is 11.3 Å². The van der Waals surface area contributed by atoms with Crippen LogP contribution in [0.25, 0.3) is 11.4 Å². The second kappa shape index (κ2) is 11.4. The fraction of sp³-hybridized carbons (Fsp3) is 0.107. The Morgan fingerprint density at radius 2 is 1.88 bits per heavy atom. The van der Waals surface area contributed by atoms with Gasteiger partial charge in [0, 0.05) is 34.1 Å². The summed E-state index contributed by atoms with van der Waals surface area (Å²) in [6.45, 7) is 1.68. The van der Waals surface area contributed by atoms with E-state index < -0.39 is 28.4 Å². The Bertz CT molecular complexity index is 1970. The van der Waals surface area contributed by atoms with Gasteiger partial charge in [-0.05, 0) is 54.4 Å². The molecule has 0 bridgehead atoms. The lowest BCUT2D eigenvalue weighted by Crippen LogP contribution is -2.29. The Morgan fingerprint density at radius 3 is 2.60 bits per heavy atom. The van der Waals surface area contributed by atoms with E-state index in [0.717, 1.165) is 21.8 Å². The first kappa shape index (κ1) is 28.8. The molecule has 1 unspecified atom stereocenters. The molecule has 6 rings (SSSR count). The van der Waals surface area contributed by atoms with Gasteiger partial charge in [-0.1, -0.05) is 58.4 Å². The number of nitro groups is 1. The van der Waals surface area contributed by atoms with E-state index in [2.05, 4.69) is 15.2 Å². The summed E-state index contributed by atoms with van der Waals surface area (Å²) in [5, 5.41) is 32.5. The van der Waals surface area contributed by atoms with E-state index in [0.29, 0.717) is 37.0 Å². The molecule has 1 amide bonds. The van der Waals surface area contributed by atoms with Crippen molar-refractivity contribution in [3.8, 4) is 0 Å². The van der Waals surface area contributed by atoms with E-state index in [4.69, 9.17) is 23.2 Å². The molecule has 15 heteroatoms. The number of rotatable bonds is 7. The summed E-state index contributed by atoms with van der Waals surface area (Å²) in [7, 11) is 0. The number of amides is 1. The molecule has 0 radical (unpaired) electrons. The Kier molecular flexibility index (Phi) is 7.65. The lowest BCUT2D eigenvalue weighted by atomic mass is 9.96. The Balaban J connectivity index is 1.44. The van der Waals surface area contributed by atoms with Gasteiger partial charge in [-0.25, -0.2) is 4.98 Å². The zero-order valence-corrected chi connectivity index (χ0v) is 25.1. The van der Waals surface area contributed by atoms with Crippen LogP contribution in [0.3, 0.4) is 0 Å². The Labute approximate surface area is 261 Å². The highest BCUT2D eigenvalue weighted by Crippen LogP contribution is 2.44. The highest BCUT2D eigenvalue weighted by molar-refractivity contribution is 8.00. The zero-order chi connectivity index (χ0) is 30.4. The molecule has 11 nitrogen and oxygen atoms in total. The van der Waals surface area contributed by atoms with E-state index in [1.54, 1.807) is 53.9 Å². The number of pyridine rings is 1. The number of hydrogen-bond donors (Lipinski definition) is 1. The average molecular weight is 654 g/mol. The van der Waals surface area contributed by atoms with Gasteiger partial charge in [0.25, 0.3) is 11.5 Å². The van der Waals surface area contributed by atoms with Crippen molar-refractivity contribution >= 4 is 80.2 Å². The second-order valence-corrected chi connectivity index (χ2v) is 12.4. The second-order valence-electron chi connectivity index (χ2n) is 9.37. The highest BCUT2D eigenvalue weighted by Gasteiger charge is 2.49. The number of hydrogen-bond acceptors (Lipinski definition) is 10. The third-order valence-corrected chi connectivity index (χ3v) is 9.45. The number of non-ortho nitro benzene ring substituents is 1. The van der Waals surface area contributed by atoms with E-state index in [1.807, 2.05) is 0 Å². The summed E-state index contributed by atoms with van der Waals surface area (Å²) in [6, 6.07) is 14.7. The number of nitro benzene ring substituents is 1. The summed E-state index contributed by atoms with van der Waals surface area (Å²) in [5.74, 6) is -1.85. The number of imidazole rings is 1. The largest absolute Gasteiger partial charge is 0.505 e. The number of carbonyl (C=O) groups is 2. The van der Waals surface area contributed by atoms with Gasteiger partial charge in [-0.3, -0.25) is 29.0 Å². The van der Waals surface area contributed by atoms with Crippen molar-refractivity contribution in [1.29, 1.82) is 0 Å². The summed E-state index contributed by atoms with van der Waals surface area (Å²) >= 11 is 14.7. The van der Waals surface area contributed by atoms with Crippen molar-refractivity contribution < 1.29 is 19.6 Å². The predicted octanol–water partition coefficient (Wildman–Crippen LogP) is 6.63. The molecule has 5 aromatic rings. The van der Waals surface area contributed by atoms with Crippen LogP contribution in [0.15, 0.2) is 76.8 Å². The van der Waals surface area contributed by atoms with Gasteiger partial charge < -0.3 is 5.11 Å². The third-order valence-electron chi connectivity index (χ3n) is 6.76. The number of aliphatic hydroxyl groups excluding tert-OH is 1. The van der Waals surface area contributed by atoms with Crippen LogP contribution < -0.4 is 4.90 Å². The molecule has 0 saturated carbocycles. The first-order chi connectivity index (χ1) is 20.6. The van der Waals surface area contributed by atoms with Crippen LogP contribution >= 0.6 is 46.3 Å². The predicted molar refractivity (Wildman–Crippen MR) is 164 cm³/mol. The van der Waals surface area contributed by atoms with Gasteiger partial charge in [0.05, 0.1) is 22.2 Å². The lowest BCUT2D eigenvalue weighted by Gasteiger charge is -2.22. The lowest BCUT2D eigenvalue weighted by molar-refractivity contribution is -0.384. The van der Waals surface area contributed by atoms with E-state index in [-0.39, 0.29) is 22.1 Å². The minimum Gasteiger partial charge on any atom is -0.505 e. The summed E-state index contributed by atoms with van der Waals surface area (Å²) in [5.41, 5.74) is 2.02. The van der Waals surface area contributed by atoms with Crippen molar-refractivity contribution in [2.24, 2.45) is 0 Å². The number of nitrogens with zero attached hydrogens (tertiary/aromatic N) is 6. The van der Waals surface area contributed by atoms with Crippen LogP contribution in [-0.2, 0) is 15.3 Å². The number of anilines is 1. The molecular formula is C28H18Cl2N6O5S2. The molecule has 1 saturated heterocycles. The van der Waals surface area contributed by atoms with Crippen molar-refractivity contribution in [2.75, 3.05) is 4.90 Å². The first-order valence-corrected chi connectivity index (χ1v) is 15.1. The normalized spacial score (nSPS) is 16.3. The third kappa shape index (κ3) is 5.25. The van der Waals surface area contributed by atoms with Gasteiger partial charge in [-0.2, -0.15) is 0 Å². The number of halogens is 2. The van der Waals surface area contributed by atoms with Crippen molar-refractivity contribution in [3.05, 3.63) is 115 Å². The number of fused-ring (bicyclic) bond motifs is 1. The number of thioether (sulfide) groups is 1. The molecule has 1 aliphatic heterocycles. The van der Waals surface area contributed by atoms with Crippen molar-refractivity contribution in [2.45, 2.75) is 23.1 Å². The number of aliphatic hydroxyl groups is 1. The molecule has 2 aromatic carbocycles. The molecule has 1 fully saturated rings. The van der Waals surface area contributed by atoms with Crippen LogP contribution in [0.1, 0.15) is 28.6 Å². The summed E-state index contributed by atoms with van der Waals surface area (Å²) in [6.07, 6.45) is 1.68. The van der Waals surface area contributed by atoms with Crippen LogP contribution in [-0.4, -0.2) is 41.3 Å². The molecule has 4 heterocycles. The smallest absolute Gasteiger partial charge is 0.301 e. The summed E-state index contributed by atoms with van der Waals surface area (Å²) in [4.78, 5) is 43.5. The minimum atomic E-state index is -1.15. The highest BCUT2D eigenvalue weighted by atomic mass is 35.5. The van der Waals surface area contributed by atoms with E-state index in [9.17, 15) is 24.8 Å². The molecule has 1 aliphatic rings. The number of Topliss-reactive ketones (excluding diaryl/α,β-unsaturated/α-hetero) is 1. The fourth-order valence-electron chi connectivity index (χ4n) is 4.79. The van der Waals surface area contributed by atoms with Crippen LogP contribution in [0.2, 0.25) is 10.0 Å². The Morgan fingerprint density at radius 1 is 1.12 bits per heavy atom. The number of ketones is 1. The monoisotopic (exact) mass is 652 g/mol. The van der Waals surface area contributed by atoms with Crippen molar-refractivity contribution in [3.63, 3.8) is 0 Å². The van der Waals surface area contributed by atoms with Crippen LogP contribution in [0.4, 0.5) is 10.8 Å². The molecule has 1 atom stereocenters. The van der Waals surface area contributed by atoms with Gasteiger partial charge in [0.15, 0.2) is 10.1 Å². The maximum Gasteiger partial charge on any atom is 0.301 e. The zero-order valence-electron chi connectivity index (χ0n) is 22.0. The van der Waals surface area contributed by atoms with E-state index >= 15 is 0 Å². The maximum atomic E-state index is 13.6. The summed E-state index contributed by atoms with van der Waals surface area (Å²) < 4.78 is 2.12. The molecule has 1 N–H and O–H groups in total. The molecule has 0 spiro atoms. The van der Waals surface area contributed by atoms with Crippen LogP contribution in [0, 0.1) is 17.0 Å². The number of aryl methyl sites for hydroxylation is 1. The number of benzene rings is 2. The quantitative estimate of drug-likeness (QED) is 0.0389.